The number of pyridine rings is 1. The van der Waals surface area contributed by atoms with Gasteiger partial charge in [-0.15, -0.1) is 0 Å². The second kappa shape index (κ2) is 9.28. The molecule has 3 aromatic carbocycles. The molecule has 0 radical (unpaired) electrons. The first-order valence-corrected chi connectivity index (χ1v) is 12.4. The fourth-order valence-corrected chi connectivity index (χ4v) is 4.56. The Bertz CT molecular complexity index is 1430. The van der Waals surface area contributed by atoms with E-state index in [0.29, 0.717) is 27.4 Å². The summed E-state index contributed by atoms with van der Waals surface area (Å²) in [6, 6.07) is 21.7. The van der Waals surface area contributed by atoms with E-state index in [2.05, 4.69) is 10.3 Å². The quantitative estimate of drug-likeness (QED) is 0.315. The number of nitrogens with one attached hydrogen (secondary N) is 1. The highest BCUT2D eigenvalue weighted by molar-refractivity contribution is 6.62. The van der Waals surface area contributed by atoms with E-state index in [-0.39, 0.29) is 12.3 Å². The van der Waals surface area contributed by atoms with Gasteiger partial charge in [-0.1, -0.05) is 60.7 Å². The molecule has 7 nitrogen and oxygen atoms in total. The van der Waals surface area contributed by atoms with Crippen molar-refractivity contribution in [1.82, 2.24) is 10.3 Å². The third-order valence-corrected chi connectivity index (χ3v) is 7.41. The van der Waals surface area contributed by atoms with Crippen LogP contribution in [0.2, 0.25) is 0 Å². The number of benzene rings is 3. The lowest BCUT2D eigenvalue weighted by atomic mass is 9.78. The largest absolute Gasteiger partial charge is 0.494 e. The molecule has 0 saturated carbocycles. The van der Waals surface area contributed by atoms with Gasteiger partial charge in [-0.25, -0.2) is 4.98 Å². The number of primary amides is 1. The number of nitrogens with two attached hydrogens (primary N) is 1. The van der Waals surface area contributed by atoms with E-state index in [1.54, 1.807) is 0 Å². The summed E-state index contributed by atoms with van der Waals surface area (Å²) in [5.74, 6) is -0.974. The van der Waals surface area contributed by atoms with Crippen LogP contribution >= 0.6 is 0 Å². The van der Waals surface area contributed by atoms with E-state index in [1.807, 2.05) is 100 Å². The van der Waals surface area contributed by atoms with Gasteiger partial charge in [0.05, 0.1) is 27.8 Å². The highest BCUT2D eigenvalue weighted by Crippen LogP contribution is 2.36. The minimum absolute atomic E-state index is 0.256. The van der Waals surface area contributed by atoms with Crippen LogP contribution in [0.5, 0.6) is 0 Å². The summed E-state index contributed by atoms with van der Waals surface area (Å²) in [5.41, 5.74) is 8.49. The molecule has 188 valence electrons. The van der Waals surface area contributed by atoms with Gasteiger partial charge in [-0.3, -0.25) is 9.59 Å². The van der Waals surface area contributed by atoms with Crippen molar-refractivity contribution in [3.05, 3.63) is 83.9 Å². The average molecular weight is 495 g/mol. The van der Waals surface area contributed by atoms with Crippen LogP contribution in [-0.2, 0) is 20.5 Å². The first kappa shape index (κ1) is 24.9. The molecule has 0 aliphatic carbocycles. The molecule has 2 heterocycles. The molecule has 3 N–H and O–H groups in total. The van der Waals surface area contributed by atoms with Crippen LogP contribution in [0.4, 0.5) is 0 Å². The van der Waals surface area contributed by atoms with Crippen molar-refractivity contribution in [2.24, 2.45) is 5.73 Å². The molecule has 37 heavy (non-hydrogen) atoms. The number of aromatic nitrogens is 1. The highest BCUT2D eigenvalue weighted by atomic mass is 16.7. The summed E-state index contributed by atoms with van der Waals surface area (Å²) in [4.78, 5) is 30.6. The topological polar surface area (TPSA) is 104 Å². The maximum absolute atomic E-state index is 13.5. The maximum atomic E-state index is 13.5. The van der Waals surface area contributed by atoms with Crippen LogP contribution in [-0.4, -0.2) is 41.2 Å². The van der Waals surface area contributed by atoms with Gasteiger partial charge in [-0.05, 0) is 50.9 Å². The molecule has 5 rings (SSSR count). The van der Waals surface area contributed by atoms with E-state index in [4.69, 9.17) is 15.0 Å². The fraction of sp³-hybridized carbons (Fsp3) is 0.276. The van der Waals surface area contributed by atoms with Gasteiger partial charge in [0.1, 0.15) is 6.04 Å². The van der Waals surface area contributed by atoms with Crippen LogP contribution in [0.15, 0.2) is 72.8 Å². The monoisotopic (exact) mass is 495 g/mol. The van der Waals surface area contributed by atoms with Crippen LogP contribution in [0.3, 0.4) is 0 Å². The number of fused-ring (bicyclic) bond motifs is 2. The Labute approximate surface area is 216 Å². The lowest BCUT2D eigenvalue weighted by molar-refractivity contribution is -0.119. The second-order valence-electron chi connectivity index (χ2n) is 10.5. The van der Waals surface area contributed by atoms with E-state index >= 15 is 0 Å². The average Bonchev–Trinajstić information content (AvgIpc) is 3.08. The summed E-state index contributed by atoms with van der Waals surface area (Å²) in [7, 11) is -0.473. The van der Waals surface area contributed by atoms with E-state index in [9.17, 15) is 9.59 Å². The Hall–Kier alpha value is -3.75. The Balaban J connectivity index is 1.38. The molecule has 1 aromatic heterocycles. The normalized spacial score (nSPS) is 17.1. The standard InChI is InChI=1S/C29H30BN3O4/c1-28(2)29(3,4)37-30(36-28)19-15-13-18(14-16-19)17-24(26(31)34)33-27(35)25-20-9-5-7-11-22(20)32-23-12-8-6-10-21(23)25/h5-16,24H,17H2,1-4H3,(H2,31,34)(H,33,35)/t24-/m0/s1. The zero-order valence-corrected chi connectivity index (χ0v) is 21.4. The lowest BCUT2D eigenvalue weighted by Crippen LogP contribution is -2.46. The molecule has 1 fully saturated rings. The molecular formula is C29H30BN3O4. The van der Waals surface area contributed by atoms with Crippen LogP contribution < -0.4 is 16.5 Å². The molecule has 0 bridgehead atoms. The Morgan fingerprint density at radius 2 is 1.38 bits per heavy atom. The predicted molar refractivity (Wildman–Crippen MR) is 146 cm³/mol. The van der Waals surface area contributed by atoms with Gasteiger partial charge < -0.3 is 20.4 Å². The second-order valence-corrected chi connectivity index (χ2v) is 10.5. The van der Waals surface area contributed by atoms with Crippen molar-refractivity contribution in [2.75, 3.05) is 0 Å². The molecule has 0 spiro atoms. The molecule has 1 saturated heterocycles. The van der Waals surface area contributed by atoms with Gasteiger partial charge in [0.15, 0.2) is 0 Å². The first-order chi connectivity index (χ1) is 17.6. The van der Waals surface area contributed by atoms with Gasteiger partial charge >= 0.3 is 7.12 Å². The summed E-state index contributed by atoms with van der Waals surface area (Å²) in [6.07, 6.45) is 0.256. The van der Waals surface area contributed by atoms with Crippen LogP contribution in [0.1, 0.15) is 43.6 Å². The summed E-state index contributed by atoms with van der Waals surface area (Å²) in [6.45, 7) is 8.04. The van der Waals surface area contributed by atoms with Gasteiger partial charge in [0.25, 0.3) is 5.91 Å². The first-order valence-electron chi connectivity index (χ1n) is 12.4. The number of carbonyl (C=O) groups excluding carboxylic acids is 2. The zero-order valence-electron chi connectivity index (χ0n) is 21.4. The minimum atomic E-state index is -0.888. The maximum Gasteiger partial charge on any atom is 0.494 e. The molecule has 2 amide bonds. The van der Waals surface area contributed by atoms with Gasteiger partial charge in [-0.2, -0.15) is 0 Å². The number of rotatable bonds is 6. The molecular weight excluding hydrogens is 465 g/mol. The number of amides is 2. The summed E-state index contributed by atoms with van der Waals surface area (Å²) in [5, 5.41) is 4.30. The third kappa shape index (κ3) is 4.70. The summed E-state index contributed by atoms with van der Waals surface area (Å²) < 4.78 is 12.2. The smallest absolute Gasteiger partial charge is 0.399 e. The SMILES string of the molecule is CC1(C)OB(c2ccc(C[C@H](NC(=O)c3c4ccccc4nc4ccccc34)C(N)=O)cc2)OC1(C)C. The third-order valence-electron chi connectivity index (χ3n) is 7.41. The molecule has 1 aliphatic rings. The Kier molecular flexibility index (Phi) is 6.26. The minimum Gasteiger partial charge on any atom is -0.399 e. The van der Waals surface area contributed by atoms with Gasteiger partial charge in [0, 0.05) is 17.2 Å². The molecule has 1 aliphatic heterocycles. The van der Waals surface area contributed by atoms with E-state index < -0.39 is 30.3 Å². The molecule has 1 atom stereocenters. The van der Waals surface area contributed by atoms with Crippen molar-refractivity contribution in [2.45, 2.75) is 51.4 Å². The number of carbonyl (C=O) groups is 2. The number of hydrogen-bond acceptors (Lipinski definition) is 5. The molecule has 8 heteroatoms. The lowest BCUT2D eigenvalue weighted by Gasteiger charge is -2.32. The van der Waals surface area contributed by atoms with Crippen molar-refractivity contribution >= 4 is 46.2 Å². The Morgan fingerprint density at radius 1 is 0.865 bits per heavy atom. The molecule has 4 aromatic rings. The van der Waals surface area contributed by atoms with Crippen LogP contribution in [0, 0.1) is 0 Å². The van der Waals surface area contributed by atoms with E-state index in [0.717, 1.165) is 11.0 Å². The number of para-hydroxylation sites is 2. The Morgan fingerprint density at radius 3 is 1.89 bits per heavy atom. The predicted octanol–water partition coefficient (Wildman–Crippen LogP) is 3.51. The van der Waals surface area contributed by atoms with Gasteiger partial charge in [0.2, 0.25) is 5.91 Å². The number of hydrogen-bond donors (Lipinski definition) is 2. The van der Waals surface area contributed by atoms with Crippen molar-refractivity contribution < 1.29 is 18.9 Å². The highest BCUT2D eigenvalue weighted by Gasteiger charge is 2.51. The zero-order chi connectivity index (χ0) is 26.4. The van der Waals surface area contributed by atoms with Crippen LogP contribution in [0.25, 0.3) is 21.8 Å². The van der Waals surface area contributed by atoms with Crippen molar-refractivity contribution in [3.8, 4) is 0 Å². The number of nitrogens with zero attached hydrogens (tertiary/aromatic N) is 1. The fourth-order valence-electron chi connectivity index (χ4n) is 4.56. The molecule has 0 unspecified atom stereocenters. The van der Waals surface area contributed by atoms with Crippen molar-refractivity contribution in [1.29, 1.82) is 0 Å². The summed E-state index contributed by atoms with van der Waals surface area (Å²) >= 11 is 0. The van der Waals surface area contributed by atoms with Crippen molar-refractivity contribution in [3.63, 3.8) is 0 Å². The van der Waals surface area contributed by atoms with E-state index in [1.165, 1.54) is 0 Å².